The number of hydrogen-bond donors (Lipinski definition) is 1. The SMILES string of the molecule is O=C(c1ccccc1Nc1ccc(F)cc1)N1C[C@@H]2CCS(=O)(=O)[C@@H]2C1. The second-order valence-electron chi connectivity index (χ2n) is 6.84. The van der Waals surface area contributed by atoms with Gasteiger partial charge in [0.1, 0.15) is 5.82 Å². The van der Waals surface area contributed by atoms with Crippen LogP contribution >= 0.6 is 0 Å². The monoisotopic (exact) mass is 374 g/mol. The summed E-state index contributed by atoms with van der Waals surface area (Å²) < 4.78 is 37.3. The number of anilines is 2. The summed E-state index contributed by atoms with van der Waals surface area (Å²) in [6.07, 6.45) is 0.631. The van der Waals surface area contributed by atoms with Crippen LogP contribution in [0.4, 0.5) is 15.8 Å². The van der Waals surface area contributed by atoms with Crippen molar-refractivity contribution in [3.8, 4) is 0 Å². The standard InChI is InChI=1S/C19H19FN2O3S/c20-14-5-7-15(8-6-14)21-17-4-2-1-3-16(17)19(23)22-11-13-9-10-26(24,25)18(13)12-22/h1-8,13,18,21H,9-12H2/t13-,18+/m0/s1. The lowest BCUT2D eigenvalue weighted by Crippen LogP contribution is -2.32. The number of amides is 1. The Hall–Kier alpha value is -2.41. The number of nitrogens with zero attached hydrogens (tertiary/aromatic N) is 1. The van der Waals surface area contributed by atoms with E-state index in [1.165, 1.54) is 12.1 Å². The van der Waals surface area contributed by atoms with Gasteiger partial charge in [0.05, 0.1) is 22.3 Å². The van der Waals surface area contributed by atoms with Crippen molar-refractivity contribution in [2.24, 2.45) is 5.92 Å². The summed E-state index contributed by atoms with van der Waals surface area (Å²) in [6.45, 7) is 0.740. The molecule has 1 N–H and O–H groups in total. The number of likely N-dealkylation sites (tertiary alicyclic amines) is 1. The van der Waals surface area contributed by atoms with Gasteiger partial charge in [0.15, 0.2) is 9.84 Å². The third-order valence-corrected chi connectivity index (χ3v) is 7.44. The van der Waals surface area contributed by atoms with E-state index in [0.29, 0.717) is 29.9 Å². The summed E-state index contributed by atoms with van der Waals surface area (Å²) >= 11 is 0. The maximum atomic E-state index is 13.1. The van der Waals surface area contributed by atoms with Crippen molar-refractivity contribution in [3.05, 3.63) is 59.9 Å². The molecule has 2 saturated heterocycles. The van der Waals surface area contributed by atoms with Crippen LogP contribution in [-0.4, -0.2) is 43.3 Å². The molecule has 26 heavy (non-hydrogen) atoms. The van der Waals surface area contributed by atoms with Gasteiger partial charge in [0.25, 0.3) is 5.91 Å². The molecule has 2 aliphatic rings. The normalized spacial score (nSPS) is 23.7. The second-order valence-corrected chi connectivity index (χ2v) is 9.18. The molecule has 2 aliphatic heterocycles. The van der Waals surface area contributed by atoms with E-state index in [1.54, 1.807) is 35.2 Å². The van der Waals surface area contributed by atoms with Gasteiger partial charge in [-0.15, -0.1) is 0 Å². The van der Waals surface area contributed by atoms with Crippen LogP contribution in [0, 0.1) is 11.7 Å². The molecule has 0 bridgehead atoms. The van der Waals surface area contributed by atoms with Crippen LogP contribution in [-0.2, 0) is 9.84 Å². The Bertz CT molecular complexity index is 944. The van der Waals surface area contributed by atoms with Crippen molar-refractivity contribution in [2.75, 3.05) is 24.2 Å². The number of rotatable bonds is 3. The topological polar surface area (TPSA) is 66.5 Å². The number of halogens is 1. The Morgan fingerprint density at radius 3 is 2.54 bits per heavy atom. The minimum Gasteiger partial charge on any atom is -0.355 e. The van der Waals surface area contributed by atoms with Crippen LogP contribution in [0.5, 0.6) is 0 Å². The first-order chi connectivity index (χ1) is 12.4. The summed E-state index contributed by atoms with van der Waals surface area (Å²) in [5, 5.41) is 2.71. The fourth-order valence-electron chi connectivity index (χ4n) is 3.80. The lowest BCUT2D eigenvalue weighted by molar-refractivity contribution is 0.0787. The molecule has 2 aromatic rings. The lowest BCUT2D eigenvalue weighted by Gasteiger charge is -2.20. The molecule has 0 unspecified atom stereocenters. The molecule has 4 rings (SSSR count). The van der Waals surface area contributed by atoms with Gasteiger partial charge in [-0.05, 0) is 48.7 Å². The molecule has 136 valence electrons. The highest BCUT2D eigenvalue weighted by Gasteiger charge is 2.47. The first kappa shape index (κ1) is 17.0. The van der Waals surface area contributed by atoms with Crippen LogP contribution in [0.25, 0.3) is 0 Å². The third-order valence-electron chi connectivity index (χ3n) is 5.18. The van der Waals surface area contributed by atoms with Crippen LogP contribution in [0.15, 0.2) is 48.5 Å². The minimum absolute atomic E-state index is 0.0427. The minimum atomic E-state index is -3.08. The molecule has 2 heterocycles. The van der Waals surface area contributed by atoms with Crippen molar-refractivity contribution in [1.29, 1.82) is 0 Å². The molecule has 0 aromatic heterocycles. The number of nitrogens with one attached hydrogen (secondary N) is 1. The van der Waals surface area contributed by atoms with Gasteiger partial charge >= 0.3 is 0 Å². The Morgan fingerprint density at radius 2 is 1.81 bits per heavy atom. The zero-order chi connectivity index (χ0) is 18.3. The van der Waals surface area contributed by atoms with Crippen molar-refractivity contribution >= 4 is 27.1 Å². The summed E-state index contributed by atoms with van der Waals surface area (Å²) in [5.41, 5.74) is 1.77. The summed E-state index contributed by atoms with van der Waals surface area (Å²) in [4.78, 5) is 14.6. The van der Waals surface area contributed by atoms with Crippen molar-refractivity contribution < 1.29 is 17.6 Å². The van der Waals surface area contributed by atoms with Gasteiger partial charge in [-0.25, -0.2) is 12.8 Å². The molecule has 1 amide bonds. The zero-order valence-corrected chi connectivity index (χ0v) is 14.9. The second kappa shape index (κ2) is 6.39. The summed E-state index contributed by atoms with van der Waals surface area (Å²) in [7, 11) is -3.08. The molecule has 2 fully saturated rings. The van der Waals surface area contributed by atoms with E-state index in [0.717, 1.165) is 0 Å². The predicted octanol–water partition coefficient (Wildman–Crippen LogP) is 2.83. The Kier molecular flexibility index (Phi) is 4.19. The molecule has 0 spiro atoms. The molecular weight excluding hydrogens is 355 g/mol. The Morgan fingerprint density at radius 1 is 1.08 bits per heavy atom. The Labute approximate surface area is 151 Å². The van der Waals surface area contributed by atoms with Crippen molar-refractivity contribution in [3.63, 3.8) is 0 Å². The van der Waals surface area contributed by atoms with E-state index in [2.05, 4.69) is 5.32 Å². The van der Waals surface area contributed by atoms with Gasteiger partial charge in [-0.2, -0.15) is 0 Å². The number of benzene rings is 2. The summed E-state index contributed by atoms with van der Waals surface area (Å²) in [5.74, 6) is -0.238. The molecule has 2 aromatic carbocycles. The average Bonchev–Trinajstić information content (AvgIpc) is 3.18. The van der Waals surface area contributed by atoms with Crippen LogP contribution in [0.3, 0.4) is 0 Å². The number of carbonyl (C=O) groups is 1. The van der Waals surface area contributed by atoms with E-state index in [-0.39, 0.29) is 29.9 Å². The molecule has 7 heteroatoms. The smallest absolute Gasteiger partial charge is 0.256 e. The van der Waals surface area contributed by atoms with Crippen molar-refractivity contribution in [2.45, 2.75) is 11.7 Å². The molecule has 0 saturated carbocycles. The molecule has 2 atom stereocenters. The highest BCUT2D eigenvalue weighted by atomic mass is 32.2. The van der Waals surface area contributed by atoms with Gasteiger partial charge < -0.3 is 10.2 Å². The fourth-order valence-corrected chi connectivity index (χ4v) is 5.95. The van der Waals surface area contributed by atoms with Crippen LogP contribution in [0.1, 0.15) is 16.8 Å². The number of hydrogen-bond acceptors (Lipinski definition) is 4. The first-order valence-corrected chi connectivity index (χ1v) is 10.3. The number of para-hydroxylation sites is 1. The predicted molar refractivity (Wildman–Crippen MR) is 97.7 cm³/mol. The number of fused-ring (bicyclic) bond motifs is 1. The number of sulfone groups is 1. The maximum Gasteiger partial charge on any atom is 0.256 e. The molecule has 0 aliphatic carbocycles. The van der Waals surface area contributed by atoms with E-state index < -0.39 is 15.1 Å². The molecule has 0 radical (unpaired) electrons. The van der Waals surface area contributed by atoms with Gasteiger partial charge in [-0.1, -0.05) is 12.1 Å². The average molecular weight is 374 g/mol. The first-order valence-electron chi connectivity index (χ1n) is 8.56. The van der Waals surface area contributed by atoms with Gasteiger partial charge in [0, 0.05) is 18.8 Å². The highest BCUT2D eigenvalue weighted by molar-refractivity contribution is 7.92. The quantitative estimate of drug-likeness (QED) is 0.897. The van der Waals surface area contributed by atoms with E-state index in [1.807, 2.05) is 6.07 Å². The fraction of sp³-hybridized carbons (Fsp3) is 0.316. The molecular formula is C19H19FN2O3S. The van der Waals surface area contributed by atoms with Crippen LogP contribution < -0.4 is 5.32 Å². The van der Waals surface area contributed by atoms with E-state index in [9.17, 15) is 17.6 Å². The zero-order valence-electron chi connectivity index (χ0n) is 14.1. The van der Waals surface area contributed by atoms with E-state index >= 15 is 0 Å². The van der Waals surface area contributed by atoms with Crippen molar-refractivity contribution in [1.82, 2.24) is 4.90 Å². The highest BCUT2D eigenvalue weighted by Crippen LogP contribution is 2.35. The van der Waals surface area contributed by atoms with Gasteiger partial charge in [-0.3, -0.25) is 4.79 Å². The maximum absolute atomic E-state index is 13.1. The third kappa shape index (κ3) is 3.07. The lowest BCUT2D eigenvalue weighted by atomic mass is 10.1. The van der Waals surface area contributed by atoms with Crippen LogP contribution in [0.2, 0.25) is 0 Å². The summed E-state index contributed by atoms with van der Waals surface area (Å²) in [6, 6.07) is 13.0. The Balaban J connectivity index is 1.56. The number of carbonyl (C=O) groups excluding carboxylic acids is 1. The molecule has 5 nitrogen and oxygen atoms in total. The largest absolute Gasteiger partial charge is 0.355 e. The van der Waals surface area contributed by atoms with Gasteiger partial charge in [0.2, 0.25) is 0 Å². The van der Waals surface area contributed by atoms with E-state index in [4.69, 9.17) is 0 Å².